The summed E-state index contributed by atoms with van der Waals surface area (Å²) in [6.45, 7) is 2.13. The summed E-state index contributed by atoms with van der Waals surface area (Å²) < 4.78 is 46.7. The number of piperidine rings is 1. The van der Waals surface area contributed by atoms with Gasteiger partial charge in [0.2, 0.25) is 17.0 Å². The number of hydrogen-bond acceptors (Lipinski definition) is 3. The van der Waals surface area contributed by atoms with Gasteiger partial charge in [-0.2, -0.15) is 0 Å². The zero-order valence-electron chi connectivity index (χ0n) is 10.5. The molecule has 1 aliphatic heterocycles. The van der Waals surface area contributed by atoms with Gasteiger partial charge in [0.25, 0.3) is 0 Å². The lowest BCUT2D eigenvalue weighted by molar-refractivity contribution is 0.00650. The molecule has 0 aromatic heterocycles. The SMILES string of the molecule is CC(C)(C)OC(=O)N1C[C@@]2(F)C(F)(CO)[C@@]2(F)C1. The van der Waals surface area contributed by atoms with Crippen molar-refractivity contribution < 1.29 is 27.8 Å². The first-order valence-electron chi connectivity index (χ1n) is 5.66. The van der Waals surface area contributed by atoms with Gasteiger partial charge in [0.05, 0.1) is 19.7 Å². The molecule has 3 atom stereocenters. The largest absolute Gasteiger partial charge is 0.444 e. The molecule has 1 saturated heterocycles. The van der Waals surface area contributed by atoms with E-state index in [0.717, 1.165) is 4.90 Å². The van der Waals surface area contributed by atoms with E-state index in [1.165, 1.54) is 0 Å². The summed E-state index contributed by atoms with van der Waals surface area (Å²) in [6, 6.07) is 0. The third-order valence-corrected chi connectivity index (χ3v) is 3.51. The number of aliphatic hydroxyl groups excluding tert-OH is 1. The molecule has 2 rings (SSSR count). The van der Waals surface area contributed by atoms with Crippen LogP contribution >= 0.6 is 0 Å². The Bertz CT molecular complexity index is 379. The van der Waals surface area contributed by atoms with Gasteiger partial charge in [0.15, 0.2) is 0 Å². The number of ether oxygens (including phenoxy) is 1. The number of hydrogen-bond donors (Lipinski definition) is 1. The van der Waals surface area contributed by atoms with Crippen molar-refractivity contribution in [2.75, 3.05) is 19.7 Å². The minimum Gasteiger partial charge on any atom is -0.444 e. The highest BCUT2D eigenvalue weighted by Gasteiger charge is 2.96. The van der Waals surface area contributed by atoms with Crippen LogP contribution in [0.5, 0.6) is 0 Å². The van der Waals surface area contributed by atoms with Gasteiger partial charge in [-0.15, -0.1) is 0 Å². The van der Waals surface area contributed by atoms with Gasteiger partial charge in [-0.1, -0.05) is 0 Å². The van der Waals surface area contributed by atoms with Crippen molar-refractivity contribution in [3.63, 3.8) is 0 Å². The molecule has 0 spiro atoms. The fourth-order valence-electron chi connectivity index (χ4n) is 2.43. The summed E-state index contributed by atoms with van der Waals surface area (Å²) in [7, 11) is 0. The maximum Gasteiger partial charge on any atom is 0.410 e. The van der Waals surface area contributed by atoms with Crippen molar-refractivity contribution in [3.8, 4) is 0 Å². The van der Waals surface area contributed by atoms with Crippen molar-refractivity contribution >= 4 is 6.09 Å². The number of rotatable bonds is 1. The molecule has 1 amide bonds. The van der Waals surface area contributed by atoms with Crippen LogP contribution in [-0.2, 0) is 4.74 Å². The van der Waals surface area contributed by atoms with Crippen LogP contribution < -0.4 is 0 Å². The van der Waals surface area contributed by atoms with E-state index in [4.69, 9.17) is 9.84 Å². The Balaban J connectivity index is 2.07. The van der Waals surface area contributed by atoms with E-state index >= 15 is 0 Å². The van der Waals surface area contributed by atoms with Crippen molar-refractivity contribution in [3.05, 3.63) is 0 Å². The molecule has 4 nitrogen and oxygen atoms in total. The first-order chi connectivity index (χ1) is 8.01. The first-order valence-corrected chi connectivity index (χ1v) is 5.66. The average molecular weight is 267 g/mol. The second kappa shape index (κ2) is 3.31. The predicted molar refractivity (Wildman–Crippen MR) is 56.4 cm³/mol. The molecule has 2 fully saturated rings. The van der Waals surface area contributed by atoms with Gasteiger partial charge in [-0.3, -0.25) is 0 Å². The lowest BCUT2D eigenvalue weighted by Crippen LogP contribution is -2.43. The van der Waals surface area contributed by atoms with Crippen LogP contribution in [0.4, 0.5) is 18.0 Å². The van der Waals surface area contributed by atoms with Crippen molar-refractivity contribution in [2.24, 2.45) is 0 Å². The standard InChI is InChI=1S/C11H16F3NO3/c1-8(2,3)18-7(17)15-4-9(12)10(13,5-15)11(9,14)6-16/h16H,4-6H2,1-3H3/t9-,10+,11?. The Morgan fingerprint density at radius 1 is 1.28 bits per heavy atom. The topological polar surface area (TPSA) is 49.8 Å². The summed E-state index contributed by atoms with van der Waals surface area (Å²) in [5, 5.41) is 8.72. The molecule has 0 aromatic carbocycles. The molecular formula is C11H16F3NO3. The minimum absolute atomic E-state index is 0.741. The fraction of sp³-hybridized carbons (Fsp3) is 0.909. The van der Waals surface area contributed by atoms with Gasteiger partial charge >= 0.3 is 6.09 Å². The van der Waals surface area contributed by atoms with Crippen molar-refractivity contribution in [1.29, 1.82) is 0 Å². The van der Waals surface area contributed by atoms with Crippen LogP contribution in [0, 0.1) is 0 Å². The lowest BCUT2D eigenvalue weighted by atomic mass is 10.2. The van der Waals surface area contributed by atoms with Crippen LogP contribution in [-0.4, -0.2) is 58.4 Å². The molecule has 1 heterocycles. The van der Waals surface area contributed by atoms with Crippen LogP contribution in [0.1, 0.15) is 20.8 Å². The van der Waals surface area contributed by atoms with Gasteiger partial charge in [-0.05, 0) is 20.8 Å². The summed E-state index contributed by atoms with van der Waals surface area (Å²) >= 11 is 0. The fourth-order valence-corrected chi connectivity index (χ4v) is 2.43. The summed E-state index contributed by atoms with van der Waals surface area (Å²) in [6.07, 6.45) is -0.885. The predicted octanol–water partition coefficient (Wildman–Crippen LogP) is 1.37. The number of carbonyl (C=O) groups excluding carboxylic acids is 1. The molecule has 0 bridgehead atoms. The number of fused-ring (bicyclic) bond motifs is 1. The van der Waals surface area contributed by atoms with E-state index in [1.54, 1.807) is 20.8 Å². The van der Waals surface area contributed by atoms with Crippen molar-refractivity contribution in [2.45, 2.75) is 43.4 Å². The molecule has 7 heteroatoms. The first kappa shape index (κ1) is 13.5. The molecule has 18 heavy (non-hydrogen) atoms. The zero-order valence-corrected chi connectivity index (χ0v) is 10.5. The minimum atomic E-state index is -2.90. The Labute approximate surface area is 103 Å². The lowest BCUT2D eigenvalue weighted by Gasteiger charge is -2.27. The highest BCUT2D eigenvalue weighted by atomic mass is 19.2. The second-order valence-electron chi connectivity index (χ2n) is 5.90. The van der Waals surface area contributed by atoms with E-state index in [0.29, 0.717) is 0 Å². The average Bonchev–Trinajstić information content (AvgIpc) is 2.49. The second-order valence-corrected chi connectivity index (χ2v) is 5.90. The third-order valence-electron chi connectivity index (χ3n) is 3.51. The number of nitrogens with zero attached hydrogens (tertiary/aromatic N) is 1. The van der Waals surface area contributed by atoms with Crippen LogP contribution in [0.2, 0.25) is 0 Å². The smallest absolute Gasteiger partial charge is 0.410 e. The Kier molecular flexibility index (Phi) is 2.48. The number of aliphatic hydroxyl groups is 1. The van der Waals surface area contributed by atoms with Crippen LogP contribution in [0.3, 0.4) is 0 Å². The molecule has 0 radical (unpaired) electrons. The Hall–Kier alpha value is -0.980. The van der Waals surface area contributed by atoms with E-state index in [1.807, 2.05) is 0 Å². The summed E-state index contributed by atoms with van der Waals surface area (Å²) in [5.41, 5.74) is -9.35. The number of alkyl halides is 3. The monoisotopic (exact) mass is 267 g/mol. The van der Waals surface area contributed by atoms with Crippen molar-refractivity contribution in [1.82, 2.24) is 4.90 Å². The molecule has 2 aliphatic rings. The molecular weight excluding hydrogens is 251 g/mol. The number of carbonyl (C=O) groups is 1. The van der Waals surface area contributed by atoms with E-state index < -0.39 is 48.4 Å². The van der Waals surface area contributed by atoms with Gasteiger partial charge in [0, 0.05) is 0 Å². The molecule has 104 valence electrons. The maximum absolute atomic E-state index is 14.0. The maximum atomic E-state index is 14.0. The molecule has 0 aromatic rings. The molecule has 1 N–H and O–H groups in total. The zero-order chi connectivity index (χ0) is 14.0. The number of likely N-dealkylation sites (tertiary alicyclic amines) is 1. The quantitative estimate of drug-likeness (QED) is 0.780. The Morgan fingerprint density at radius 3 is 2.06 bits per heavy atom. The van der Waals surface area contributed by atoms with E-state index in [-0.39, 0.29) is 0 Å². The van der Waals surface area contributed by atoms with E-state index in [9.17, 15) is 18.0 Å². The van der Waals surface area contributed by atoms with Gasteiger partial charge in [-0.25, -0.2) is 18.0 Å². The molecule has 1 unspecified atom stereocenters. The number of halogens is 3. The molecule has 1 saturated carbocycles. The summed E-state index contributed by atoms with van der Waals surface area (Å²) in [4.78, 5) is 12.4. The van der Waals surface area contributed by atoms with Gasteiger partial charge in [0.1, 0.15) is 5.60 Å². The summed E-state index contributed by atoms with van der Waals surface area (Å²) in [5.74, 6) is 0. The normalized spacial score (nSPS) is 42.7. The number of amides is 1. The Morgan fingerprint density at radius 2 is 1.72 bits per heavy atom. The highest BCUT2D eigenvalue weighted by Crippen LogP contribution is 2.69. The van der Waals surface area contributed by atoms with Crippen LogP contribution in [0.25, 0.3) is 0 Å². The van der Waals surface area contributed by atoms with E-state index in [2.05, 4.69) is 0 Å². The molecule has 1 aliphatic carbocycles. The third kappa shape index (κ3) is 1.39. The van der Waals surface area contributed by atoms with Crippen LogP contribution in [0.15, 0.2) is 0 Å². The van der Waals surface area contributed by atoms with Gasteiger partial charge < -0.3 is 14.7 Å². The highest BCUT2D eigenvalue weighted by molar-refractivity contribution is 5.71.